The van der Waals surface area contributed by atoms with Crippen molar-refractivity contribution < 1.29 is 8.42 Å². The second-order valence-electron chi connectivity index (χ2n) is 2.60. The average molecular weight is 216 g/mol. The number of anilines is 1. The van der Waals surface area contributed by atoms with Crippen LogP contribution >= 0.6 is 0 Å². The summed E-state index contributed by atoms with van der Waals surface area (Å²) in [5.74, 6) is 0.102. The second-order valence-corrected chi connectivity index (χ2v) is 4.44. The van der Waals surface area contributed by atoms with Crippen LogP contribution in [0.3, 0.4) is 0 Å². The standard InChI is InChI=1S/C7H12N4O2S/c1-8-5-6-14(12,13)11-7-9-3-2-4-10-7/h2-4,8H,5-6H2,1H3,(H,9,10,11). The summed E-state index contributed by atoms with van der Waals surface area (Å²) in [6.07, 6.45) is 2.95. The highest BCUT2D eigenvalue weighted by Gasteiger charge is 2.10. The minimum Gasteiger partial charge on any atom is -0.319 e. The van der Waals surface area contributed by atoms with Gasteiger partial charge in [0.25, 0.3) is 0 Å². The first-order chi connectivity index (χ1) is 6.64. The van der Waals surface area contributed by atoms with E-state index in [1.54, 1.807) is 13.1 Å². The van der Waals surface area contributed by atoms with Crippen LogP contribution in [0.15, 0.2) is 18.5 Å². The molecule has 0 spiro atoms. The van der Waals surface area contributed by atoms with Crippen LogP contribution in [-0.4, -0.2) is 37.7 Å². The molecule has 0 fully saturated rings. The van der Waals surface area contributed by atoms with Gasteiger partial charge >= 0.3 is 0 Å². The predicted octanol–water partition coefficient (Wildman–Crippen LogP) is -0.562. The number of sulfonamides is 1. The van der Waals surface area contributed by atoms with Crippen molar-refractivity contribution in [1.82, 2.24) is 15.3 Å². The van der Waals surface area contributed by atoms with E-state index in [-0.39, 0.29) is 11.7 Å². The van der Waals surface area contributed by atoms with E-state index in [1.165, 1.54) is 12.4 Å². The quantitative estimate of drug-likeness (QED) is 0.689. The number of hydrogen-bond donors (Lipinski definition) is 2. The van der Waals surface area contributed by atoms with Gasteiger partial charge in [-0.1, -0.05) is 0 Å². The van der Waals surface area contributed by atoms with E-state index < -0.39 is 10.0 Å². The molecule has 14 heavy (non-hydrogen) atoms. The summed E-state index contributed by atoms with van der Waals surface area (Å²) in [7, 11) is -1.65. The Labute approximate surface area is 82.8 Å². The molecule has 78 valence electrons. The molecule has 0 bridgehead atoms. The number of nitrogens with one attached hydrogen (secondary N) is 2. The van der Waals surface area contributed by atoms with Crippen LogP contribution in [0, 0.1) is 0 Å². The molecule has 0 unspecified atom stereocenters. The third-order valence-corrected chi connectivity index (χ3v) is 2.67. The van der Waals surface area contributed by atoms with Crippen LogP contribution in [-0.2, 0) is 10.0 Å². The zero-order valence-electron chi connectivity index (χ0n) is 7.77. The summed E-state index contributed by atoms with van der Waals surface area (Å²) in [5, 5.41) is 2.75. The monoisotopic (exact) mass is 216 g/mol. The van der Waals surface area contributed by atoms with Gasteiger partial charge in [0.05, 0.1) is 5.75 Å². The zero-order valence-corrected chi connectivity index (χ0v) is 8.58. The van der Waals surface area contributed by atoms with Gasteiger partial charge in [0.15, 0.2) is 0 Å². The van der Waals surface area contributed by atoms with Gasteiger partial charge in [-0.2, -0.15) is 0 Å². The van der Waals surface area contributed by atoms with Gasteiger partial charge in [-0.3, -0.25) is 4.72 Å². The van der Waals surface area contributed by atoms with Gasteiger partial charge in [0.2, 0.25) is 16.0 Å². The van der Waals surface area contributed by atoms with Crippen LogP contribution in [0.5, 0.6) is 0 Å². The van der Waals surface area contributed by atoms with E-state index in [0.717, 1.165) is 0 Å². The molecular formula is C7H12N4O2S. The Balaban J connectivity index is 2.60. The molecule has 0 radical (unpaired) electrons. The van der Waals surface area contributed by atoms with Gasteiger partial charge in [0.1, 0.15) is 0 Å². The fraction of sp³-hybridized carbons (Fsp3) is 0.429. The maximum absolute atomic E-state index is 11.3. The molecule has 6 nitrogen and oxygen atoms in total. The molecule has 1 aromatic rings. The van der Waals surface area contributed by atoms with Crippen LogP contribution in [0.4, 0.5) is 5.95 Å². The van der Waals surface area contributed by atoms with Gasteiger partial charge in [0, 0.05) is 18.9 Å². The van der Waals surface area contributed by atoms with Crippen molar-refractivity contribution in [3.8, 4) is 0 Å². The highest BCUT2D eigenvalue weighted by atomic mass is 32.2. The Morgan fingerprint density at radius 2 is 2.00 bits per heavy atom. The summed E-state index contributed by atoms with van der Waals surface area (Å²) in [6.45, 7) is 0.391. The lowest BCUT2D eigenvalue weighted by Crippen LogP contribution is -2.25. The highest BCUT2D eigenvalue weighted by Crippen LogP contribution is 1.98. The minimum absolute atomic E-state index is 0.00174. The second kappa shape index (κ2) is 4.87. The summed E-state index contributed by atoms with van der Waals surface area (Å²) in [4.78, 5) is 7.50. The fourth-order valence-electron chi connectivity index (χ4n) is 0.778. The van der Waals surface area contributed by atoms with Crippen molar-refractivity contribution in [2.45, 2.75) is 0 Å². The molecule has 1 rings (SSSR count). The lowest BCUT2D eigenvalue weighted by molar-refractivity contribution is 0.598. The first-order valence-electron chi connectivity index (χ1n) is 4.06. The summed E-state index contributed by atoms with van der Waals surface area (Å²) in [5.41, 5.74) is 0. The van der Waals surface area contributed by atoms with E-state index in [1.807, 2.05) is 0 Å². The van der Waals surface area contributed by atoms with Crippen molar-refractivity contribution in [1.29, 1.82) is 0 Å². The largest absolute Gasteiger partial charge is 0.319 e. The lowest BCUT2D eigenvalue weighted by Gasteiger charge is -2.04. The molecule has 0 atom stereocenters. The first kappa shape index (κ1) is 10.9. The Kier molecular flexibility index (Phi) is 3.78. The van der Waals surface area contributed by atoms with E-state index in [0.29, 0.717) is 6.54 Å². The molecule has 1 aromatic heterocycles. The van der Waals surface area contributed by atoms with Crippen molar-refractivity contribution in [2.24, 2.45) is 0 Å². The Bertz CT molecular complexity index is 365. The SMILES string of the molecule is CNCCS(=O)(=O)Nc1ncccn1. The fourth-order valence-corrected chi connectivity index (χ4v) is 1.74. The van der Waals surface area contributed by atoms with Crippen LogP contribution < -0.4 is 10.0 Å². The van der Waals surface area contributed by atoms with Gasteiger partial charge in [-0.25, -0.2) is 18.4 Å². The van der Waals surface area contributed by atoms with Crippen LogP contribution in [0.2, 0.25) is 0 Å². The Morgan fingerprint density at radius 1 is 1.36 bits per heavy atom. The maximum Gasteiger partial charge on any atom is 0.236 e. The molecule has 7 heteroatoms. The summed E-state index contributed by atoms with van der Waals surface area (Å²) >= 11 is 0. The number of nitrogens with zero attached hydrogens (tertiary/aromatic N) is 2. The van der Waals surface area contributed by atoms with E-state index in [9.17, 15) is 8.42 Å². The lowest BCUT2D eigenvalue weighted by atomic mass is 10.7. The third-order valence-electron chi connectivity index (χ3n) is 1.43. The smallest absolute Gasteiger partial charge is 0.236 e. The minimum atomic E-state index is -3.33. The predicted molar refractivity (Wildman–Crippen MR) is 53.4 cm³/mol. The van der Waals surface area contributed by atoms with Crippen molar-refractivity contribution >= 4 is 16.0 Å². The average Bonchev–Trinajstić information content (AvgIpc) is 2.16. The van der Waals surface area contributed by atoms with Gasteiger partial charge in [-0.15, -0.1) is 0 Å². The molecule has 2 N–H and O–H groups in total. The maximum atomic E-state index is 11.3. The van der Waals surface area contributed by atoms with Gasteiger partial charge in [-0.05, 0) is 13.1 Å². The molecule has 0 aromatic carbocycles. The Morgan fingerprint density at radius 3 is 2.57 bits per heavy atom. The van der Waals surface area contributed by atoms with Crippen LogP contribution in [0.25, 0.3) is 0 Å². The van der Waals surface area contributed by atoms with E-state index in [4.69, 9.17) is 0 Å². The summed E-state index contributed by atoms with van der Waals surface area (Å²) < 4.78 is 24.9. The number of rotatable bonds is 5. The molecule has 0 saturated carbocycles. The third kappa shape index (κ3) is 3.67. The van der Waals surface area contributed by atoms with E-state index >= 15 is 0 Å². The van der Waals surface area contributed by atoms with Crippen molar-refractivity contribution in [3.05, 3.63) is 18.5 Å². The summed E-state index contributed by atoms with van der Waals surface area (Å²) in [6, 6.07) is 1.62. The number of hydrogen-bond acceptors (Lipinski definition) is 5. The topological polar surface area (TPSA) is 84.0 Å². The zero-order chi connectivity index (χ0) is 10.4. The first-order valence-corrected chi connectivity index (χ1v) is 5.71. The molecule has 0 aliphatic heterocycles. The Hall–Kier alpha value is -1.21. The molecule has 0 amide bonds. The molecule has 0 saturated heterocycles. The van der Waals surface area contributed by atoms with Crippen molar-refractivity contribution in [3.63, 3.8) is 0 Å². The normalized spacial score (nSPS) is 11.2. The molecule has 0 aliphatic rings. The van der Waals surface area contributed by atoms with Crippen molar-refractivity contribution in [2.75, 3.05) is 24.1 Å². The van der Waals surface area contributed by atoms with E-state index in [2.05, 4.69) is 20.0 Å². The molecular weight excluding hydrogens is 204 g/mol. The molecule has 0 aliphatic carbocycles. The molecule has 1 heterocycles. The number of aromatic nitrogens is 2. The highest BCUT2D eigenvalue weighted by molar-refractivity contribution is 7.92. The van der Waals surface area contributed by atoms with Gasteiger partial charge < -0.3 is 5.32 Å². The van der Waals surface area contributed by atoms with Crippen LogP contribution in [0.1, 0.15) is 0 Å².